The van der Waals surface area contributed by atoms with Crippen LogP contribution in [-0.2, 0) is 4.79 Å². The summed E-state index contributed by atoms with van der Waals surface area (Å²) in [5, 5.41) is 18.3. The third kappa shape index (κ3) is 3.21. The van der Waals surface area contributed by atoms with Crippen molar-refractivity contribution in [3.05, 3.63) is 66.2 Å². The molecule has 6 nitrogen and oxygen atoms in total. The lowest BCUT2D eigenvalue weighted by molar-refractivity contribution is -0.112. The van der Waals surface area contributed by atoms with Crippen LogP contribution in [0.1, 0.15) is 18.1 Å². The molecule has 0 saturated carbocycles. The first kappa shape index (κ1) is 17.4. The zero-order chi connectivity index (χ0) is 18.5. The number of phenolic OH excluding ortho intramolecular Hbond substituents is 1. The topological polar surface area (TPSA) is 74.5 Å². The number of ether oxygens (including phenoxy) is 1. The van der Waals surface area contributed by atoms with Crippen molar-refractivity contribution in [1.29, 1.82) is 0 Å². The Labute approximate surface area is 151 Å². The molecule has 0 aromatic heterocycles. The minimum atomic E-state index is -0.226. The SMILES string of the molecule is C=CCN1C(=O)/C(=N\N=C\c2cccc(OCC)c2O)c2ccccc21. The number of carbonyl (C=O) groups is 1. The van der Waals surface area contributed by atoms with Gasteiger partial charge in [0.25, 0.3) is 5.91 Å². The summed E-state index contributed by atoms with van der Waals surface area (Å²) in [5.41, 5.74) is 2.23. The molecule has 0 bridgehead atoms. The molecule has 2 aromatic carbocycles. The Bertz CT molecular complexity index is 903. The third-order valence-electron chi connectivity index (χ3n) is 3.89. The first-order valence-corrected chi connectivity index (χ1v) is 8.25. The number of anilines is 1. The molecule has 26 heavy (non-hydrogen) atoms. The molecule has 0 atom stereocenters. The Balaban J connectivity index is 1.91. The number of aromatic hydroxyl groups is 1. The zero-order valence-electron chi connectivity index (χ0n) is 14.4. The second-order valence-corrected chi connectivity index (χ2v) is 5.54. The fourth-order valence-electron chi connectivity index (χ4n) is 2.73. The van der Waals surface area contributed by atoms with Crippen LogP contribution in [0.3, 0.4) is 0 Å². The highest BCUT2D eigenvalue weighted by molar-refractivity contribution is 6.54. The Kier molecular flexibility index (Phi) is 5.12. The average Bonchev–Trinajstić information content (AvgIpc) is 2.91. The smallest absolute Gasteiger partial charge is 0.279 e. The summed E-state index contributed by atoms with van der Waals surface area (Å²) in [5.74, 6) is 0.142. The Hall–Kier alpha value is -3.41. The van der Waals surface area contributed by atoms with Crippen molar-refractivity contribution in [2.45, 2.75) is 6.92 Å². The van der Waals surface area contributed by atoms with Crippen molar-refractivity contribution < 1.29 is 14.6 Å². The number of para-hydroxylation sites is 2. The Morgan fingerprint density at radius 1 is 1.23 bits per heavy atom. The number of rotatable bonds is 6. The fraction of sp³-hybridized carbons (Fsp3) is 0.150. The molecule has 132 valence electrons. The molecule has 1 N–H and O–H groups in total. The lowest BCUT2D eigenvalue weighted by atomic mass is 10.1. The van der Waals surface area contributed by atoms with Crippen molar-refractivity contribution in [2.75, 3.05) is 18.1 Å². The number of amides is 1. The molecule has 1 aliphatic heterocycles. The van der Waals surface area contributed by atoms with Gasteiger partial charge in [-0.2, -0.15) is 5.10 Å². The van der Waals surface area contributed by atoms with Crippen LogP contribution in [-0.4, -0.2) is 36.1 Å². The van der Waals surface area contributed by atoms with E-state index in [0.717, 1.165) is 11.3 Å². The molecule has 0 radical (unpaired) electrons. The predicted octanol–water partition coefficient (Wildman–Crippen LogP) is 3.15. The highest BCUT2D eigenvalue weighted by Crippen LogP contribution is 2.30. The highest BCUT2D eigenvalue weighted by Gasteiger charge is 2.32. The number of hydrogen-bond donors (Lipinski definition) is 1. The number of nitrogens with zero attached hydrogens (tertiary/aromatic N) is 3. The molecule has 6 heteroatoms. The van der Waals surface area contributed by atoms with Crippen LogP contribution in [0, 0.1) is 0 Å². The summed E-state index contributed by atoms with van der Waals surface area (Å²) in [4.78, 5) is 14.2. The molecule has 0 unspecified atom stereocenters. The van der Waals surface area contributed by atoms with Gasteiger partial charge in [0, 0.05) is 17.7 Å². The van der Waals surface area contributed by atoms with E-state index in [4.69, 9.17) is 4.74 Å². The summed E-state index contributed by atoms with van der Waals surface area (Å²) >= 11 is 0. The summed E-state index contributed by atoms with van der Waals surface area (Å²) in [6.45, 7) is 6.37. The monoisotopic (exact) mass is 349 g/mol. The maximum atomic E-state index is 12.6. The Morgan fingerprint density at radius 3 is 2.81 bits per heavy atom. The summed E-state index contributed by atoms with van der Waals surface area (Å²) in [6.07, 6.45) is 3.06. The number of fused-ring (bicyclic) bond motifs is 1. The second-order valence-electron chi connectivity index (χ2n) is 5.54. The van der Waals surface area contributed by atoms with Gasteiger partial charge in [-0.15, -0.1) is 11.7 Å². The molecular weight excluding hydrogens is 330 g/mol. The van der Waals surface area contributed by atoms with Crippen LogP contribution in [0.25, 0.3) is 0 Å². The number of benzene rings is 2. The quantitative estimate of drug-likeness (QED) is 0.494. The van der Waals surface area contributed by atoms with Crippen LogP contribution in [0.5, 0.6) is 11.5 Å². The normalized spacial score (nSPS) is 14.9. The van der Waals surface area contributed by atoms with Crippen molar-refractivity contribution >= 4 is 23.5 Å². The maximum absolute atomic E-state index is 12.6. The second kappa shape index (κ2) is 7.65. The van der Waals surface area contributed by atoms with Gasteiger partial charge in [-0.05, 0) is 25.1 Å². The summed E-state index contributed by atoms with van der Waals surface area (Å²) in [7, 11) is 0. The van der Waals surface area contributed by atoms with Gasteiger partial charge in [-0.25, -0.2) is 0 Å². The predicted molar refractivity (Wildman–Crippen MR) is 102 cm³/mol. The number of hydrogen-bond acceptors (Lipinski definition) is 5. The summed E-state index contributed by atoms with van der Waals surface area (Å²) < 4.78 is 5.34. The molecule has 0 saturated heterocycles. The average molecular weight is 349 g/mol. The molecule has 3 rings (SSSR count). The van der Waals surface area contributed by atoms with Gasteiger partial charge in [0.05, 0.1) is 18.5 Å². The van der Waals surface area contributed by atoms with E-state index in [1.165, 1.54) is 6.21 Å². The summed E-state index contributed by atoms with van der Waals surface area (Å²) in [6, 6.07) is 12.5. The van der Waals surface area contributed by atoms with Gasteiger partial charge in [-0.3, -0.25) is 4.79 Å². The first-order chi connectivity index (χ1) is 12.7. The lowest BCUT2D eigenvalue weighted by Crippen LogP contribution is -2.30. The molecule has 1 amide bonds. The van der Waals surface area contributed by atoms with Gasteiger partial charge < -0.3 is 14.7 Å². The lowest BCUT2D eigenvalue weighted by Gasteiger charge is -2.13. The van der Waals surface area contributed by atoms with Crippen molar-refractivity contribution in [1.82, 2.24) is 0 Å². The molecule has 0 fully saturated rings. The fourth-order valence-corrected chi connectivity index (χ4v) is 2.73. The third-order valence-corrected chi connectivity index (χ3v) is 3.89. The standard InChI is InChI=1S/C20H19N3O3/c1-3-12-23-16-10-6-5-9-15(16)18(20(23)25)22-21-13-14-8-7-11-17(19(14)24)26-4-2/h3,5-11,13,24H,1,4,12H2,2H3/b21-13+,22-18-. The molecule has 1 heterocycles. The van der Waals surface area contributed by atoms with Crippen LogP contribution in [0.2, 0.25) is 0 Å². The Morgan fingerprint density at radius 2 is 2.04 bits per heavy atom. The van der Waals surface area contributed by atoms with Gasteiger partial charge in [0.2, 0.25) is 0 Å². The van der Waals surface area contributed by atoms with Gasteiger partial charge in [0.15, 0.2) is 17.2 Å². The van der Waals surface area contributed by atoms with E-state index in [0.29, 0.717) is 24.5 Å². The maximum Gasteiger partial charge on any atom is 0.279 e. The van der Waals surface area contributed by atoms with Gasteiger partial charge in [-0.1, -0.05) is 30.3 Å². The van der Waals surface area contributed by atoms with Crippen LogP contribution < -0.4 is 9.64 Å². The molecule has 0 aliphatic carbocycles. The van der Waals surface area contributed by atoms with E-state index < -0.39 is 0 Å². The molecule has 0 spiro atoms. The van der Waals surface area contributed by atoms with Crippen molar-refractivity contribution in [3.63, 3.8) is 0 Å². The minimum Gasteiger partial charge on any atom is -0.504 e. The molecular formula is C20H19N3O3. The molecule has 2 aromatic rings. The van der Waals surface area contributed by atoms with Crippen LogP contribution >= 0.6 is 0 Å². The highest BCUT2D eigenvalue weighted by atomic mass is 16.5. The zero-order valence-corrected chi connectivity index (χ0v) is 14.4. The minimum absolute atomic E-state index is 0.00951. The molecule has 1 aliphatic rings. The number of carbonyl (C=O) groups excluding carboxylic acids is 1. The van der Waals surface area contributed by atoms with Crippen molar-refractivity contribution in [2.24, 2.45) is 10.2 Å². The van der Waals surface area contributed by atoms with Crippen LogP contribution in [0.15, 0.2) is 65.3 Å². The van der Waals surface area contributed by atoms with Gasteiger partial charge >= 0.3 is 0 Å². The van der Waals surface area contributed by atoms with E-state index in [1.54, 1.807) is 29.2 Å². The van der Waals surface area contributed by atoms with E-state index in [-0.39, 0.29) is 17.4 Å². The van der Waals surface area contributed by atoms with Crippen LogP contribution in [0.4, 0.5) is 5.69 Å². The van der Waals surface area contributed by atoms with E-state index in [1.807, 2.05) is 31.2 Å². The van der Waals surface area contributed by atoms with Crippen molar-refractivity contribution in [3.8, 4) is 11.5 Å². The van der Waals surface area contributed by atoms with Gasteiger partial charge in [0.1, 0.15) is 0 Å². The van der Waals surface area contributed by atoms with E-state index >= 15 is 0 Å². The van der Waals surface area contributed by atoms with E-state index in [9.17, 15) is 9.90 Å². The number of phenols is 1. The largest absolute Gasteiger partial charge is 0.504 e. The first-order valence-electron chi connectivity index (χ1n) is 8.25. The van der Waals surface area contributed by atoms with E-state index in [2.05, 4.69) is 16.8 Å².